The topological polar surface area (TPSA) is 113 Å². The molecule has 88 valence electrons. The van der Waals surface area contributed by atoms with Gasteiger partial charge in [-0.25, -0.2) is 9.59 Å². The smallest absolute Gasteiger partial charge is 0.326 e. The number of urea groups is 1. The third-order valence-electron chi connectivity index (χ3n) is 1.68. The van der Waals surface area contributed by atoms with Gasteiger partial charge >= 0.3 is 12.0 Å². The van der Waals surface area contributed by atoms with Crippen molar-refractivity contribution in [2.24, 2.45) is 5.73 Å². The maximum atomic E-state index is 11.3. The standard InChI is InChI=1S/C9H13N3O4/c1-3-4-12(2)9(16)11-6(8(14)15)5-7(10)13/h1,6H,4-5H2,2H3,(H2,10,13)(H,11,16)(H,14,15)/t6-/m0/s1. The van der Waals surface area contributed by atoms with Gasteiger partial charge in [0.15, 0.2) is 0 Å². The second kappa shape index (κ2) is 6.29. The number of primary amides is 1. The number of carbonyl (C=O) groups excluding carboxylic acids is 2. The lowest BCUT2D eigenvalue weighted by molar-refractivity contribution is -0.140. The molecule has 0 aliphatic rings. The summed E-state index contributed by atoms with van der Waals surface area (Å²) in [6.45, 7) is 0.0365. The molecule has 0 unspecified atom stereocenters. The summed E-state index contributed by atoms with van der Waals surface area (Å²) in [5.74, 6) is 0.0728. The second-order valence-corrected chi connectivity index (χ2v) is 3.07. The molecule has 0 spiro atoms. The highest BCUT2D eigenvalue weighted by Crippen LogP contribution is 1.94. The van der Waals surface area contributed by atoms with E-state index in [-0.39, 0.29) is 6.54 Å². The van der Waals surface area contributed by atoms with E-state index in [2.05, 4.69) is 11.2 Å². The van der Waals surface area contributed by atoms with E-state index in [0.29, 0.717) is 0 Å². The number of nitrogens with zero attached hydrogens (tertiary/aromatic N) is 1. The van der Waals surface area contributed by atoms with E-state index < -0.39 is 30.4 Å². The summed E-state index contributed by atoms with van der Waals surface area (Å²) in [5, 5.41) is 10.8. The maximum absolute atomic E-state index is 11.3. The quantitative estimate of drug-likeness (QED) is 0.501. The van der Waals surface area contributed by atoms with Gasteiger partial charge < -0.3 is 21.1 Å². The number of carbonyl (C=O) groups is 3. The highest BCUT2D eigenvalue weighted by Gasteiger charge is 2.23. The molecule has 0 aliphatic heterocycles. The highest BCUT2D eigenvalue weighted by molar-refractivity contribution is 5.87. The Bertz CT molecular complexity index is 334. The van der Waals surface area contributed by atoms with Crippen molar-refractivity contribution < 1.29 is 19.5 Å². The van der Waals surface area contributed by atoms with E-state index in [1.54, 1.807) is 0 Å². The lowest BCUT2D eigenvalue weighted by atomic mass is 10.2. The van der Waals surface area contributed by atoms with Gasteiger partial charge in [-0.15, -0.1) is 6.42 Å². The molecule has 4 N–H and O–H groups in total. The van der Waals surface area contributed by atoms with Crippen molar-refractivity contribution >= 4 is 17.9 Å². The summed E-state index contributed by atoms with van der Waals surface area (Å²) in [6, 6.07) is -2.02. The molecule has 0 fully saturated rings. The van der Waals surface area contributed by atoms with Crippen molar-refractivity contribution in [1.82, 2.24) is 10.2 Å². The van der Waals surface area contributed by atoms with Crippen molar-refractivity contribution in [2.75, 3.05) is 13.6 Å². The number of hydrogen-bond donors (Lipinski definition) is 3. The minimum atomic E-state index is -1.34. The predicted octanol–water partition coefficient (Wildman–Crippen LogP) is -1.41. The van der Waals surface area contributed by atoms with Crippen LogP contribution in [0.1, 0.15) is 6.42 Å². The number of aliphatic carboxylic acids is 1. The zero-order valence-electron chi connectivity index (χ0n) is 8.77. The first-order valence-electron chi connectivity index (χ1n) is 4.34. The fourth-order valence-electron chi connectivity index (χ4n) is 0.869. The summed E-state index contributed by atoms with van der Waals surface area (Å²) in [7, 11) is 1.40. The number of terminal acetylenes is 1. The third kappa shape index (κ3) is 4.85. The molecule has 0 aromatic carbocycles. The second-order valence-electron chi connectivity index (χ2n) is 3.07. The van der Waals surface area contributed by atoms with Crippen LogP contribution in [0.2, 0.25) is 0 Å². The summed E-state index contributed by atoms with van der Waals surface area (Å²) in [6.07, 6.45) is 4.51. The normalized spacial score (nSPS) is 11.0. The molecule has 0 aliphatic carbocycles. The van der Waals surface area contributed by atoms with Gasteiger partial charge in [0.2, 0.25) is 5.91 Å². The van der Waals surface area contributed by atoms with Gasteiger partial charge in [0.1, 0.15) is 6.04 Å². The first-order valence-corrected chi connectivity index (χ1v) is 4.34. The van der Waals surface area contributed by atoms with E-state index in [4.69, 9.17) is 17.3 Å². The number of rotatable bonds is 5. The zero-order chi connectivity index (χ0) is 12.7. The summed E-state index contributed by atoms with van der Waals surface area (Å²) >= 11 is 0. The molecule has 0 bridgehead atoms. The van der Waals surface area contributed by atoms with Gasteiger partial charge in [0, 0.05) is 7.05 Å². The Hall–Kier alpha value is -2.23. The van der Waals surface area contributed by atoms with Crippen LogP contribution in [-0.4, -0.2) is 47.5 Å². The predicted molar refractivity (Wildman–Crippen MR) is 55.2 cm³/mol. The van der Waals surface area contributed by atoms with Crippen LogP contribution in [0.3, 0.4) is 0 Å². The molecule has 0 rings (SSSR count). The van der Waals surface area contributed by atoms with Gasteiger partial charge in [-0.05, 0) is 0 Å². The number of carboxylic acid groups (broad SMARTS) is 1. The van der Waals surface area contributed by atoms with Crippen molar-refractivity contribution in [3.63, 3.8) is 0 Å². The van der Waals surface area contributed by atoms with Crippen LogP contribution in [-0.2, 0) is 9.59 Å². The molecular weight excluding hydrogens is 214 g/mol. The first-order chi connectivity index (χ1) is 7.38. The minimum absolute atomic E-state index is 0.0365. The zero-order valence-corrected chi connectivity index (χ0v) is 8.77. The summed E-state index contributed by atoms with van der Waals surface area (Å²) in [4.78, 5) is 33.7. The average molecular weight is 227 g/mol. The Morgan fingerprint density at radius 1 is 1.56 bits per heavy atom. The Kier molecular flexibility index (Phi) is 5.41. The maximum Gasteiger partial charge on any atom is 0.326 e. The highest BCUT2D eigenvalue weighted by atomic mass is 16.4. The monoisotopic (exact) mass is 227 g/mol. The third-order valence-corrected chi connectivity index (χ3v) is 1.68. The van der Waals surface area contributed by atoms with Crippen molar-refractivity contribution in [3.05, 3.63) is 0 Å². The van der Waals surface area contributed by atoms with E-state index >= 15 is 0 Å². The number of amides is 3. The molecule has 0 aromatic heterocycles. The average Bonchev–Trinajstić information content (AvgIpc) is 2.16. The number of carboxylic acids is 1. The minimum Gasteiger partial charge on any atom is -0.480 e. The number of nitrogens with one attached hydrogen (secondary N) is 1. The lowest BCUT2D eigenvalue weighted by Gasteiger charge is -2.18. The van der Waals surface area contributed by atoms with Gasteiger partial charge in [0.05, 0.1) is 13.0 Å². The largest absolute Gasteiger partial charge is 0.480 e. The van der Waals surface area contributed by atoms with Crippen LogP contribution in [0, 0.1) is 12.3 Å². The fraction of sp³-hybridized carbons (Fsp3) is 0.444. The van der Waals surface area contributed by atoms with Crippen LogP contribution in [0.15, 0.2) is 0 Å². The Labute approximate surface area is 92.6 Å². The van der Waals surface area contributed by atoms with E-state index in [9.17, 15) is 14.4 Å². The van der Waals surface area contributed by atoms with Crippen LogP contribution < -0.4 is 11.1 Å². The molecular formula is C9H13N3O4. The molecule has 0 saturated heterocycles. The van der Waals surface area contributed by atoms with E-state index in [1.165, 1.54) is 7.05 Å². The van der Waals surface area contributed by atoms with Gasteiger partial charge in [-0.2, -0.15) is 0 Å². The molecule has 1 atom stereocenters. The van der Waals surface area contributed by atoms with E-state index in [0.717, 1.165) is 4.90 Å². The summed E-state index contributed by atoms with van der Waals surface area (Å²) < 4.78 is 0. The SMILES string of the molecule is C#CCN(C)C(=O)N[C@@H](CC(N)=O)C(=O)O. The molecule has 0 radical (unpaired) electrons. The molecule has 16 heavy (non-hydrogen) atoms. The van der Waals surface area contributed by atoms with Crippen molar-refractivity contribution in [3.8, 4) is 12.3 Å². The van der Waals surface area contributed by atoms with Crippen molar-refractivity contribution in [2.45, 2.75) is 12.5 Å². The summed E-state index contributed by atoms with van der Waals surface area (Å²) in [5.41, 5.74) is 4.84. The first kappa shape index (κ1) is 13.8. The molecule has 0 heterocycles. The fourth-order valence-corrected chi connectivity index (χ4v) is 0.869. The van der Waals surface area contributed by atoms with Crippen LogP contribution in [0.4, 0.5) is 4.79 Å². The Morgan fingerprint density at radius 2 is 2.12 bits per heavy atom. The Balaban J connectivity index is 4.41. The number of nitrogens with two attached hydrogens (primary N) is 1. The van der Waals surface area contributed by atoms with E-state index in [1.807, 2.05) is 0 Å². The van der Waals surface area contributed by atoms with Crippen LogP contribution in [0.25, 0.3) is 0 Å². The van der Waals surface area contributed by atoms with Gasteiger partial charge in [-0.1, -0.05) is 5.92 Å². The van der Waals surface area contributed by atoms with Gasteiger partial charge in [0.25, 0.3) is 0 Å². The number of hydrogen-bond acceptors (Lipinski definition) is 3. The van der Waals surface area contributed by atoms with Gasteiger partial charge in [-0.3, -0.25) is 4.79 Å². The Morgan fingerprint density at radius 3 is 2.50 bits per heavy atom. The van der Waals surface area contributed by atoms with Crippen molar-refractivity contribution in [1.29, 1.82) is 0 Å². The van der Waals surface area contributed by atoms with Crippen LogP contribution in [0.5, 0.6) is 0 Å². The lowest BCUT2D eigenvalue weighted by Crippen LogP contribution is -2.48. The molecule has 3 amide bonds. The molecule has 7 heteroatoms. The molecule has 0 saturated carbocycles. The molecule has 0 aromatic rings. The molecule has 7 nitrogen and oxygen atoms in total. The van der Waals surface area contributed by atoms with Crippen LogP contribution >= 0.6 is 0 Å².